The second-order valence-corrected chi connectivity index (χ2v) is 10.2. The molecule has 170 valence electrons. The Hall–Kier alpha value is -2.04. The number of amides is 2. The summed E-state index contributed by atoms with van der Waals surface area (Å²) >= 11 is 0. The van der Waals surface area contributed by atoms with Gasteiger partial charge >= 0.3 is 0 Å². The average molecular weight is 427 g/mol. The summed E-state index contributed by atoms with van der Waals surface area (Å²) in [6.07, 6.45) is 7.71. The molecule has 5 heteroatoms. The number of likely N-dealkylation sites (tertiary alicyclic amines) is 2. The normalized spacial score (nSPS) is 26.6. The maximum Gasteiger partial charge on any atom is 0.228 e. The van der Waals surface area contributed by atoms with Crippen LogP contribution in [0, 0.1) is 23.2 Å². The minimum atomic E-state index is -0.185. The maximum atomic E-state index is 13.5. The van der Waals surface area contributed by atoms with Crippen LogP contribution in [-0.4, -0.2) is 54.4 Å². The van der Waals surface area contributed by atoms with Gasteiger partial charge in [0.1, 0.15) is 5.75 Å². The third kappa shape index (κ3) is 5.07. The van der Waals surface area contributed by atoms with Crippen LogP contribution >= 0.6 is 0 Å². The van der Waals surface area contributed by atoms with Gasteiger partial charge in [0.05, 0.1) is 6.61 Å². The van der Waals surface area contributed by atoms with Gasteiger partial charge in [0, 0.05) is 44.4 Å². The van der Waals surface area contributed by atoms with Crippen LogP contribution in [0.1, 0.15) is 58.8 Å². The van der Waals surface area contributed by atoms with Crippen molar-refractivity contribution in [3.63, 3.8) is 0 Å². The molecule has 2 atom stereocenters. The van der Waals surface area contributed by atoms with Gasteiger partial charge in [-0.2, -0.15) is 0 Å². The van der Waals surface area contributed by atoms with Crippen LogP contribution in [0.15, 0.2) is 30.3 Å². The van der Waals surface area contributed by atoms with Crippen molar-refractivity contribution in [2.45, 2.75) is 58.8 Å². The molecule has 1 saturated carbocycles. The first-order chi connectivity index (χ1) is 15.0. The SMILES string of the molecule is CC(=O)N1CCC(C2CN(C(=O)C3(C)CCCCC3)CC2COc2ccccc2)CC1. The zero-order valence-corrected chi connectivity index (χ0v) is 19.2. The first kappa shape index (κ1) is 22.2. The molecule has 0 bridgehead atoms. The fourth-order valence-electron chi connectivity index (χ4n) is 6.06. The van der Waals surface area contributed by atoms with E-state index < -0.39 is 0 Å². The molecular formula is C26H38N2O3. The lowest BCUT2D eigenvalue weighted by Crippen LogP contribution is -2.43. The van der Waals surface area contributed by atoms with Crippen molar-refractivity contribution in [2.24, 2.45) is 23.2 Å². The predicted molar refractivity (Wildman–Crippen MR) is 122 cm³/mol. The molecule has 1 aromatic carbocycles. The quantitative estimate of drug-likeness (QED) is 0.703. The molecule has 3 aliphatic rings. The molecule has 31 heavy (non-hydrogen) atoms. The van der Waals surface area contributed by atoms with Gasteiger partial charge in [0.25, 0.3) is 0 Å². The van der Waals surface area contributed by atoms with Gasteiger partial charge < -0.3 is 14.5 Å². The second kappa shape index (κ2) is 9.62. The Bertz CT molecular complexity index is 751. The van der Waals surface area contributed by atoms with Crippen molar-refractivity contribution in [2.75, 3.05) is 32.8 Å². The van der Waals surface area contributed by atoms with Crippen LogP contribution in [0.25, 0.3) is 0 Å². The van der Waals surface area contributed by atoms with Gasteiger partial charge in [-0.1, -0.05) is 44.4 Å². The second-order valence-electron chi connectivity index (χ2n) is 10.2. The van der Waals surface area contributed by atoms with Crippen molar-refractivity contribution in [1.82, 2.24) is 9.80 Å². The first-order valence-electron chi connectivity index (χ1n) is 12.2. The molecule has 2 heterocycles. The number of hydrogen-bond donors (Lipinski definition) is 0. The summed E-state index contributed by atoms with van der Waals surface area (Å²) in [6, 6.07) is 10.00. The molecule has 3 fully saturated rings. The number of carbonyl (C=O) groups excluding carboxylic acids is 2. The summed E-state index contributed by atoms with van der Waals surface area (Å²) in [7, 11) is 0. The van der Waals surface area contributed by atoms with E-state index in [2.05, 4.69) is 11.8 Å². The largest absolute Gasteiger partial charge is 0.493 e. The Morgan fingerprint density at radius 3 is 2.32 bits per heavy atom. The van der Waals surface area contributed by atoms with Crippen LogP contribution in [0.4, 0.5) is 0 Å². The number of rotatable bonds is 5. The van der Waals surface area contributed by atoms with Crippen molar-refractivity contribution in [3.8, 4) is 5.75 Å². The van der Waals surface area contributed by atoms with Crippen LogP contribution < -0.4 is 4.74 Å². The highest BCUT2D eigenvalue weighted by molar-refractivity contribution is 5.82. The van der Waals surface area contributed by atoms with Crippen molar-refractivity contribution < 1.29 is 14.3 Å². The Morgan fingerprint density at radius 1 is 1.00 bits per heavy atom. The molecule has 2 unspecified atom stereocenters. The van der Waals surface area contributed by atoms with Crippen molar-refractivity contribution >= 4 is 11.8 Å². The Labute approximate surface area is 187 Å². The molecule has 0 spiro atoms. The van der Waals surface area contributed by atoms with E-state index in [1.165, 1.54) is 19.3 Å². The summed E-state index contributed by atoms with van der Waals surface area (Å²) < 4.78 is 6.17. The lowest BCUT2D eigenvalue weighted by atomic mass is 9.74. The van der Waals surface area contributed by atoms with E-state index in [0.717, 1.165) is 57.6 Å². The zero-order valence-electron chi connectivity index (χ0n) is 19.2. The summed E-state index contributed by atoms with van der Waals surface area (Å²) in [6.45, 7) is 7.84. The number of piperidine rings is 1. The Morgan fingerprint density at radius 2 is 1.68 bits per heavy atom. The van der Waals surface area contributed by atoms with Crippen molar-refractivity contribution in [1.29, 1.82) is 0 Å². The molecule has 2 saturated heterocycles. The highest BCUT2D eigenvalue weighted by atomic mass is 16.5. The molecule has 4 rings (SSSR count). The zero-order chi connectivity index (χ0) is 21.8. The smallest absolute Gasteiger partial charge is 0.228 e. The van der Waals surface area contributed by atoms with E-state index in [9.17, 15) is 9.59 Å². The molecule has 5 nitrogen and oxygen atoms in total. The summed E-state index contributed by atoms with van der Waals surface area (Å²) in [5, 5.41) is 0. The maximum absolute atomic E-state index is 13.5. The number of ether oxygens (including phenoxy) is 1. The molecule has 0 aromatic heterocycles. The third-order valence-electron chi connectivity index (χ3n) is 8.05. The summed E-state index contributed by atoms with van der Waals surface area (Å²) in [5.41, 5.74) is -0.185. The van der Waals surface area contributed by atoms with E-state index in [1.807, 2.05) is 35.2 Å². The molecule has 0 radical (unpaired) electrons. The lowest BCUT2D eigenvalue weighted by molar-refractivity contribution is -0.142. The fraction of sp³-hybridized carbons (Fsp3) is 0.692. The van der Waals surface area contributed by atoms with Crippen LogP contribution in [0.3, 0.4) is 0 Å². The summed E-state index contributed by atoms with van der Waals surface area (Å²) in [5.74, 6) is 2.80. The molecule has 0 N–H and O–H groups in total. The first-order valence-corrected chi connectivity index (χ1v) is 12.2. The molecular weight excluding hydrogens is 388 g/mol. The third-order valence-corrected chi connectivity index (χ3v) is 8.05. The van der Waals surface area contributed by atoms with Gasteiger partial charge in [0.2, 0.25) is 11.8 Å². The highest BCUT2D eigenvalue weighted by Gasteiger charge is 2.45. The number of para-hydroxylation sites is 1. The van der Waals surface area contributed by atoms with Gasteiger partial charge in [-0.05, 0) is 49.7 Å². The predicted octanol–water partition coefficient (Wildman–Crippen LogP) is 4.37. The van der Waals surface area contributed by atoms with E-state index in [0.29, 0.717) is 30.3 Å². The van der Waals surface area contributed by atoms with E-state index in [-0.39, 0.29) is 11.3 Å². The van der Waals surface area contributed by atoms with E-state index in [4.69, 9.17) is 4.74 Å². The molecule has 1 aromatic rings. The van der Waals surface area contributed by atoms with Crippen LogP contribution in [0.5, 0.6) is 5.75 Å². The van der Waals surface area contributed by atoms with Gasteiger partial charge in [0.15, 0.2) is 0 Å². The Balaban J connectivity index is 1.45. The number of hydrogen-bond acceptors (Lipinski definition) is 3. The van der Waals surface area contributed by atoms with Crippen molar-refractivity contribution in [3.05, 3.63) is 30.3 Å². The average Bonchev–Trinajstić information content (AvgIpc) is 3.22. The minimum absolute atomic E-state index is 0.177. The summed E-state index contributed by atoms with van der Waals surface area (Å²) in [4.78, 5) is 29.4. The molecule has 2 amide bonds. The van der Waals surface area contributed by atoms with Crippen LogP contribution in [0.2, 0.25) is 0 Å². The fourth-order valence-corrected chi connectivity index (χ4v) is 6.06. The van der Waals surface area contributed by atoms with Gasteiger partial charge in [-0.3, -0.25) is 9.59 Å². The van der Waals surface area contributed by atoms with Gasteiger partial charge in [-0.25, -0.2) is 0 Å². The number of nitrogens with zero attached hydrogens (tertiary/aromatic N) is 2. The Kier molecular flexibility index (Phi) is 6.88. The van der Waals surface area contributed by atoms with E-state index in [1.54, 1.807) is 6.92 Å². The molecule has 1 aliphatic carbocycles. The standard InChI is InChI=1S/C26H38N2O3/c1-20(29)27-15-11-21(12-16-27)24-18-28(25(30)26(2)13-7-4-8-14-26)17-22(24)19-31-23-9-5-3-6-10-23/h3,5-6,9-10,21-22,24H,4,7-8,11-19H2,1-2H3. The molecule has 2 aliphatic heterocycles. The number of benzene rings is 1. The van der Waals surface area contributed by atoms with Crippen LogP contribution in [-0.2, 0) is 9.59 Å². The minimum Gasteiger partial charge on any atom is -0.493 e. The highest BCUT2D eigenvalue weighted by Crippen LogP contribution is 2.42. The topological polar surface area (TPSA) is 49.9 Å². The monoisotopic (exact) mass is 426 g/mol. The number of carbonyl (C=O) groups is 2. The van der Waals surface area contributed by atoms with E-state index >= 15 is 0 Å². The van der Waals surface area contributed by atoms with Gasteiger partial charge in [-0.15, -0.1) is 0 Å². The lowest BCUT2D eigenvalue weighted by Gasteiger charge is -2.37.